The molecule has 2 aromatic carbocycles. The summed E-state index contributed by atoms with van der Waals surface area (Å²) in [6.45, 7) is 12.9. The van der Waals surface area contributed by atoms with Crippen LogP contribution in [0, 0.1) is 34.5 Å². The molecule has 0 atom stereocenters. The molecule has 208 valence electrons. The molecule has 0 unspecified atom stereocenters. The number of pyridine rings is 4. The van der Waals surface area contributed by atoms with Crippen LogP contribution in [-0.4, -0.2) is 19.9 Å². The van der Waals surface area contributed by atoms with Crippen LogP contribution >= 0.6 is 0 Å². The molecule has 4 aromatic heterocycles. The zero-order valence-corrected chi connectivity index (χ0v) is 25.4. The molecular formula is C39H32N4. The fraction of sp³-hybridized carbons (Fsp3) is 0.205. The quantitative estimate of drug-likeness (QED) is 0.107. The molecule has 43 heavy (non-hydrogen) atoms. The van der Waals surface area contributed by atoms with E-state index >= 15 is 0 Å². The second-order valence-corrected chi connectivity index (χ2v) is 12.7. The molecule has 0 fully saturated rings. The van der Waals surface area contributed by atoms with Gasteiger partial charge >= 0.3 is 0 Å². The van der Waals surface area contributed by atoms with Crippen molar-refractivity contribution in [1.29, 1.82) is 0 Å². The summed E-state index contributed by atoms with van der Waals surface area (Å²) < 4.78 is 0. The van der Waals surface area contributed by atoms with E-state index in [1.165, 1.54) is 0 Å². The van der Waals surface area contributed by atoms with Gasteiger partial charge in [-0.3, -0.25) is 19.9 Å². The summed E-state index contributed by atoms with van der Waals surface area (Å²) in [5, 5.41) is 4.18. The van der Waals surface area contributed by atoms with Crippen LogP contribution in [0.4, 0.5) is 0 Å². The molecule has 4 heterocycles. The lowest BCUT2D eigenvalue weighted by molar-refractivity contribution is 0.509. The Bertz CT molecular complexity index is 2090. The fourth-order valence-electron chi connectivity index (χ4n) is 4.82. The van der Waals surface area contributed by atoms with Crippen molar-refractivity contribution in [2.45, 2.75) is 41.5 Å². The Balaban J connectivity index is 1.42. The maximum atomic E-state index is 4.72. The average Bonchev–Trinajstić information content (AvgIpc) is 2.99. The first-order valence-corrected chi connectivity index (χ1v) is 14.4. The third kappa shape index (κ3) is 5.89. The van der Waals surface area contributed by atoms with Crippen molar-refractivity contribution in [3.63, 3.8) is 0 Å². The molecule has 6 rings (SSSR count). The van der Waals surface area contributed by atoms with Gasteiger partial charge in [0.2, 0.25) is 0 Å². The van der Waals surface area contributed by atoms with E-state index in [0.717, 1.165) is 65.9 Å². The van der Waals surface area contributed by atoms with E-state index in [1.807, 2.05) is 24.5 Å². The van der Waals surface area contributed by atoms with Gasteiger partial charge in [0.05, 0.1) is 33.2 Å². The van der Waals surface area contributed by atoms with Gasteiger partial charge in [-0.25, -0.2) is 0 Å². The lowest BCUT2D eigenvalue weighted by Crippen LogP contribution is -2.11. The van der Waals surface area contributed by atoms with E-state index in [1.54, 1.807) is 12.4 Å². The van der Waals surface area contributed by atoms with Crippen molar-refractivity contribution in [3.05, 3.63) is 113 Å². The Morgan fingerprint density at radius 1 is 0.512 bits per heavy atom. The zero-order chi connectivity index (χ0) is 30.2. The monoisotopic (exact) mass is 556 g/mol. The Morgan fingerprint density at radius 2 is 0.907 bits per heavy atom. The highest BCUT2D eigenvalue weighted by molar-refractivity contribution is 6.03. The minimum absolute atomic E-state index is 0.228. The molecule has 0 aliphatic heterocycles. The van der Waals surface area contributed by atoms with Gasteiger partial charge in [0, 0.05) is 68.3 Å². The second-order valence-electron chi connectivity index (χ2n) is 12.7. The van der Waals surface area contributed by atoms with Crippen LogP contribution in [0.3, 0.4) is 0 Å². The minimum atomic E-state index is -0.228. The molecule has 4 heteroatoms. The summed E-state index contributed by atoms with van der Waals surface area (Å²) in [7, 11) is 0. The molecular weight excluding hydrogens is 524 g/mol. The fourth-order valence-corrected chi connectivity index (χ4v) is 4.82. The summed E-state index contributed by atoms with van der Waals surface area (Å²) in [5.74, 6) is 13.5. The predicted octanol–water partition coefficient (Wildman–Crippen LogP) is 8.83. The van der Waals surface area contributed by atoms with Crippen LogP contribution in [0.5, 0.6) is 0 Å². The van der Waals surface area contributed by atoms with E-state index in [9.17, 15) is 0 Å². The Kier molecular flexibility index (Phi) is 7.03. The minimum Gasteiger partial charge on any atom is -0.254 e. The third-order valence-corrected chi connectivity index (χ3v) is 7.26. The van der Waals surface area contributed by atoms with E-state index < -0.39 is 0 Å². The van der Waals surface area contributed by atoms with Crippen molar-refractivity contribution in [3.8, 4) is 23.7 Å². The van der Waals surface area contributed by atoms with Gasteiger partial charge in [0.25, 0.3) is 0 Å². The third-order valence-electron chi connectivity index (χ3n) is 7.26. The number of hydrogen-bond acceptors (Lipinski definition) is 4. The smallest absolute Gasteiger partial charge is 0.0965 e. The summed E-state index contributed by atoms with van der Waals surface area (Å²) in [6, 6.07) is 20.4. The zero-order valence-electron chi connectivity index (χ0n) is 25.4. The van der Waals surface area contributed by atoms with Crippen molar-refractivity contribution in [2.24, 2.45) is 10.8 Å². The molecule has 6 aromatic rings. The first-order valence-electron chi connectivity index (χ1n) is 14.4. The molecule has 4 nitrogen and oxygen atoms in total. The summed E-state index contributed by atoms with van der Waals surface area (Å²) >= 11 is 0. The van der Waals surface area contributed by atoms with Crippen LogP contribution in [0.2, 0.25) is 0 Å². The molecule has 0 radical (unpaired) electrons. The van der Waals surface area contributed by atoms with E-state index in [0.29, 0.717) is 0 Å². The molecule has 0 saturated heterocycles. The molecule has 0 spiro atoms. The number of hydrogen-bond donors (Lipinski definition) is 0. The van der Waals surface area contributed by atoms with Crippen molar-refractivity contribution in [1.82, 2.24) is 19.9 Å². The average molecular weight is 557 g/mol. The first-order chi connectivity index (χ1) is 20.6. The van der Waals surface area contributed by atoms with E-state index in [4.69, 9.17) is 9.97 Å². The number of fused-ring (bicyclic) bond motifs is 6. The number of allylic oxidation sites excluding steroid dienone is 1. The highest BCUT2D eigenvalue weighted by Crippen LogP contribution is 2.29. The van der Waals surface area contributed by atoms with Crippen molar-refractivity contribution < 1.29 is 0 Å². The standard InChI is InChI=1S/C39H32N4/c1-38(2,3)32(17-11-26-21-30-15-13-28-9-7-19-40-34(28)36(30)42-24-26)23-33(39(4,5)6)18-12-27-22-31-16-14-29-10-8-20-41-35(29)37(31)43-25-27/h7-10,13-16,19-22,24-25H,1-6H3. The van der Waals surface area contributed by atoms with Gasteiger partial charge in [-0.15, -0.1) is 0 Å². The van der Waals surface area contributed by atoms with Crippen LogP contribution < -0.4 is 0 Å². The van der Waals surface area contributed by atoms with Gasteiger partial charge in [-0.05, 0) is 24.3 Å². The van der Waals surface area contributed by atoms with Gasteiger partial charge in [0.15, 0.2) is 0 Å². The Labute approximate surface area is 252 Å². The largest absolute Gasteiger partial charge is 0.254 e. The van der Waals surface area contributed by atoms with Crippen molar-refractivity contribution >= 4 is 43.6 Å². The maximum Gasteiger partial charge on any atom is 0.0965 e. The molecule has 0 aliphatic rings. The van der Waals surface area contributed by atoms with E-state index in [-0.39, 0.29) is 10.8 Å². The summed E-state index contributed by atoms with van der Waals surface area (Å²) in [4.78, 5) is 18.5. The Morgan fingerprint density at radius 3 is 1.33 bits per heavy atom. The van der Waals surface area contributed by atoms with Crippen LogP contribution in [0.1, 0.15) is 52.7 Å². The second kappa shape index (κ2) is 10.8. The number of benzene rings is 2. The van der Waals surface area contributed by atoms with Crippen molar-refractivity contribution in [2.75, 3.05) is 0 Å². The predicted molar refractivity (Wildman–Crippen MR) is 177 cm³/mol. The van der Waals surface area contributed by atoms with Crippen LogP contribution in [-0.2, 0) is 0 Å². The highest BCUT2D eigenvalue weighted by atomic mass is 14.7. The SMILES string of the molecule is CC(C)(C)C(=C=C(C#Cc1cnc2c(ccc3cccnc32)c1)C(C)(C)C)C#Cc1cnc2c(ccc3cccnc32)c1. The van der Waals surface area contributed by atoms with Gasteiger partial charge in [-0.2, -0.15) is 0 Å². The lowest BCUT2D eigenvalue weighted by atomic mass is 9.82. The van der Waals surface area contributed by atoms with Gasteiger partial charge in [0.1, 0.15) is 0 Å². The number of rotatable bonds is 0. The van der Waals surface area contributed by atoms with Gasteiger partial charge in [-0.1, -0.05) is 107 Å². The van der Waals surface area contributed by atoms with Crippen LogP contribution in [0.25, 0.3) is 43.6 Å². The highest BCUT2D eigenvalue weighted by Gasteiger charge is 2.20. The molecule has 0 saturated carbocycles. The summed E-state index contributed by atoms with van der Waals surface area (Å²) in [5.41, 5.74) is 10.2. The summed E-state index contributed by atoms with van der Waals surface area (Å²) in [6.07, 6.45) is 7.25. The normalized spacial score (nSPS) is 11.5. The van der Waals surface area contributed by atoms with E-state index in [2.05, 4.69) is 129 Å². The number of aromatic nitrogens is 4. The molecule has 0 aliphatic carbocycles. The van der Waals surface area contributed by atoms with Crippen LogP contribution in [0.15, 0.2) is 102 Å². The first kappa shape index (κ1) is 27.9. The maximum absolute atomic E-state index is 4.72. The van der Waals surface area contributed by atoms with Gasteiger partial charge < -0.3 is 0 Å². The molecule has 0 bridgehead atoms. The topological polar surface area (TPSA) is 51.6 Å². The molecule has 0 N–H and O–H groups in total. The molecule has 0 amide bonds. The number of nitrogens with zero attached hydrogens (tertiary/aromatic N) is 4. The lowest BCUT2D eigenvalue weighted by Gasteiger charge is -2.20. The Hall–Kier alpha value is -5.28.